The van der Waals surface area contributed by atoms with Crippen LogP contribution in [0.1, 0.15) is 37.9 Å². The molecule has 1 N–H and O–H groups in total. The quantitative estimate of drug-likeness (QED) is 0.839. The van der Waals surface area contributed by atoms with E-state index in [4.69, 9.17) is 0 Å². The van der Waals surface area contributed by atoms with Crippen LogP contribution in [0.15, 0.2) is 60.1 Å². The van der Waals surface area contributed by atoms with E-state index < -0.39 is 23.1 Å². The third-order valence-corrected chi connectivity index (χ3v) is 5.06. The topological polar surface area (TPSA) is 73.7 Å². The van der Waals surface area contributed by atoms with Crippen molar-refractivity contribution in [3.05, 3.63) is 71.3 Å². The fourth-order valence-electron chi connectivity index (χ4n) is 3.44. The number of carbonyl (C=O) groups is 2. The van der Waals surface area contributed by atoms with E-state index in [2.05, 4.69) is 4.98 Å². The Hall–Kier alpha value is -3.15. The molecule has 3 rings (SSSR count). The predicted octanol–water partition coefficient (Wildman–Crippen LogP) is 3.66. The highest BCUT2D eigenvalue weighted by Crippen LogP contribution is 2.41. The van der Waals surface area contributed by atoms with Crippen LogP contribution in [0.4, 0.5) is 5.69 Å². The number of ketones is 1. The molecule has 1 aromatic carbocycles. The maximum atomic E-state index is 13.2. The fraction of sp³-hybridized carbons (Fsp3) is 0.348. The molecular weight excluding hydrogens is 366 g/mol. The molecular formula is C23H27N3O3. The summed E-state index contributed by atoms with van der Waals surface area (Å²) < 4.78 is 0. The first kappa shape index (κ1) is 20.6. The van der Waals surface area contributed by atoms with Gasteiger partial charge in [0.25, 0.3) is 5.91 Å². The van der Waals surface area contributed by atoms with Crippen molar-refractivity contribution in [2.75, 3.05) is 19.0 Å². The summed E-state index contributed by atoms with van der Waals surface area (Å²) in [5.41, 5.74) is 2.11. The Morgan fingerprint density at radius 3 is 2.21 bits per heavy atom. The highest BCUT2D eigenvalue weighted by atomic mass is 16.3. The number of amides is 1. The molecule has 2 heterocycles. The number of carbonyl (C=O) groups excluding carboxylic acids is 2. The first-order chi connectivity index (χ1) is 13.6. The number of aliphatic hydroxyl groups excluding tert-OH is 1. The molecule has 6 heteroatoms. The highest BCUT2D eigenvalue weighted by Gasteiger charge is 2.45. The van der Waals surface area contributed by atoms with Crippen molar-refractivity contribution in [3.8, 4) is 0 Å². The van der Waals surface area contributed by atoms with Gasteiger partial charge in [0.2, 0.25) is 0 Å². The van der Waals surface area contributed by atoms with Gasteiger partial charge < -0.3 is 14.9 Å². The van der Waals surface area contributed by atoms with Crippen LogP contribution in [-0.2, 0) is 16.1 Å². The molecule has 0 fully saturated rings. The fourth-order valence-corrected chi connectivity index (χ4v) is 3.44. The maximum absolute atomic E-state index is 13.2. The van der Waals surface area contributed by atoms with Crippen LogP contribution >= 0.6 is 0 Å². The third kappa shape index (κ3) is 4.01. The monoisotopic (exact) mass is 393 g/mol. The first-order valence-electron chi connectivity index (χ1n) is 9.56. The Balaban J connectivity index is 2.08. The average molecular weight is 393 g/mol. The number of hydrogen-bond donors (Lipinski definition) is 1. The van der Waals surface area contributed by atoms with E-state index in [1.807, 2.05) is 55.4 Å². The van der Waals surface area contributed by atoms with Gasteiger partial charge in [0.15, 0.2) is 11.5 Å². The number of pyridine rings is 1. The Morgan fingerprint density at radius 2 is 1.69 bits per heavy atom. The van der Waals surface area contributed by atoms with Crippen LogP contribution < -0.4 is 4.90 Å². The second-order valence-electron chi connectivity index (χ2n) is 8.52. The van der Waals surface area contributed by atoms with Gasteiger partial charge in [-0.15, -0.1) is 0 Å². The van der Waals surface area contributed by atoms with Crippen molar-refractivity contribution in [1.29, 1.82) is 0 Å². The van der Waals surface area contributed by atoms with Gasteiger partial charge in [-0.3, -0.25) is 14.6 Å². The Labute approximate surface area is 171 Å². The lowest BCUT2D eigenvalue weighted by Crippen LogP contribution is -2.32. The number of Topliss-reactive ketones (excluding diaryl/α,β-unsaturated/α-hetero) is 1. The summed E-state index contributed by atoms with van der Waals surface area (Å²) in [7, 11) is 3.90. The van der Waals surface area contributed by atoms with E-state index in [1.165, 1.54) is 0 Å². The predicted molar refractivity (Wildman–Crippen MR) is 112 cm³/mol. The van der Waals surface area contributed by atoms with Gasteiger partial charge in [0.1, 0.15) is 0 Å². The normalized spacial score (nSPS) is 17.1. The maximum Gasteiger partial charge on any atom is 0.290 e. The van der Waals surface area contributed by atoms with Crippen molar-refractivity contribution in [2.24, 2.45) is 5.41 Å². The molecule has 1 amide bonds. The summed E-state index contributed by atoms with van der Waals surface area (Å²) >= 11 is 0. The molecule has 1 aliphatic heterocycles. The first-order valence-corrected chi connectivity index (χ1v) is 9.56. The van der Waals surface area contributed by atoms with Crippen molar-refractivity contribution in [3.63, 3.8) is 0 Å². The summed E-state index contributed by atoms with van der Waals surface area (Å²) in [6, 6.07) is 10.7. The van der Waals surface area contributed by atoms with E-state index in [-0.39, 0.29) is 17.9 Å². The molecule has 0 spiro atoms. The zero-order chi connectivity index (χ0) is 21.3. The minimum absolute atomic E-state index is 0.161. The Morgan fingerprint density at radius 1 is 1.10 bits per heavy atom. The largest absolute Gasteiger partial charge is 0.503 e. The van der Waals surface area contributed by atoms with Crippen LogP contribution in [0.5, 0.6) is 0 Å². The molecule has 152 valence electrons. The smallest absolute Gasteiger partial charge is 0.290 e. The number of anilines is 1. The molecule has 29 heavy (non-hydrogen) atoms. The molecule has 1 unspecified atom stereocenters. The van der Waals surface area contributed by atoms with Gasteiger partial charge in [0, 0.05) is 44.1 Å². The lowest BCUT2D eigenvalue weighted by molar-refractivity contribution is -0.130. The van der Waals surface area contributed by atoms with E-state index >= 15 is 0 Å². The molecule has 6 nitrogen and oxygen atoms in total. The summed E-state index contributed by atoms with van der Waals surface area (Å²) in [4.78, 5) is 33.7. The lowest BCUT2D eigenvalue weighted by Gasteiger charge is -2.29. The number of aromatic nitrogens is 1. The average Bonchev–Trinajstić information content (AvgIpc) is 2.92. The summed E-state index contributed by atoms with van der Waals surface area (Å²) in [5, 5.41) is 10.7. The number of hydrogen-bond acceptors (Lipinski definition) is 5. The van der Waals surface area contributed by atoms with Gasteiger partial charge in [-0.1, -0.05) is 32.9 Å². The third-order valence-electron chi connectivity index (χ3n) is 5.06. The van der Waals surface area contributed by atoms with Crippen LogP contribution in [0, 0.1) is 5.41 Å². The molecule has 0 bridgehead atoms. The van der Waals surface area contributed by atoms with Crippen LogP contribution in [-0.4, -0.2) is 40.8 Å². The van der Waals surface area contributed by atoms with Gasteiger partial charge in [-0.2, -0.15) is 0 Å². The standard InChI is InChI=1S/C23H27N3O3/c1-23(2,3)21(28)18-19(16-6-8-17(9-7-16)25(4)5)26(22(29)20(18)27)14-15-10-12-24-13-11-15/h6-13,19,27H,14H2,1-5H3. The minimum atomic E-state index is -0.724. The number of nitrogens with zero attached hydrogens (tertiary/aromatic N) is 3. The van der Waals surface area contributed by atoms with Crippen LogP contribution in [0.3, 0.4) is 0 Å². The SMILES string of the molecule is CN(C)c1ccc(C2C(C(=O)C(C)(C)C)=C(O)C(=O)N2Cc2ccncc2)cc1. The molecule has 0 radical (unpaired) electrons. The van der Waals surface area contributed by atoms with Gasteiger partial charge in [-0.25, -0.2) is 0 Å². The summed E-state index contributed by atoms with van der Waals surface area (Å²) in [6.45, 7) is 5.64. The molecule has 2 aromatic rings. The van der Waals surface area contributed by atoms with Crippen molar-refractivity contribution < 1.29 is 14.7 Å². The van der Waals surface area contributed by atoms with Gasteiger partial charge in [-0.05, 0) is 35.4 Å². The number of benzene rings is 1. The molecule has 0 aliphatic carbocycles. The van der Waals surface area contributed by atoms with E-state index in [9.17, 15) is 14.7 Å². The van der Waals surface area contributed by atoms with Crippen LogP contribution in [0.2, 0.25) is 0 Å². The summed E-state index contributed by atoms with van der Waals surface area (Å²) in [6.07, 6.45) is 3.32. The van der Waals surface area contributed by atoms with Crippen molar-refractivity contribution in [2.45, 2.75) is 33.4 Å². The Kier molecular flexibility index (Phi) is 5.46. The van der Waals surface area contributed by atoms with Gasteiger partial charge >= 0.3 is 0 Å². The van der Waals surface area contributed by atoms with Gasteiger partial charge in [0.05, 0.1) is 11.6 Å². The second kappa shape index (κ2) is 7.70. The van der Waals surface area contributed by atoms with E-state index in [1.54, 1.807) is 38.1 Å². The second-order valence-corrected chi connectivity index (χ2v) is 8.52. The molecule has 0 saturated heterocycles. The zero-order valence-electron chi connectivity index (χ0n) is 17.5. The van der Waals surface area contributed by atoms with Crippen molar-refractivity contribution in [1.82, 2.24) is 9.88 Å². The molecule has 1 aromatic heterocycles. The van der Waals surface area contributed by atoms with Crippen molar-refractivity contribution >= 4 is 17.4 Å². The van der Waals surface area contributed by atoms with Crippen LogP contribution in [0.25, 0.3) is 0 Å². The minimum Gasteiger partial charge on any atom is -0.503 e. The number of rotatable bonds is 5. The number of aliphatic hydroxyl groups is 1. The highest BCUT2D eigenvalue weighted by molar-refractivity contribution is 6.10. The summed E-state index contributed by atoms with van der Waals surface area (Å²) in [5.74, 6) is -1.22. The Bertz CT molecular complexity index is 942. The van der Waals surface area contributed by atoms with E-state index in [0.717, 1.165) is 16.8 Å². The van der Waals surface area contributed by atoms with E-state index in [0.29, 0.717) is 0 Å². The molecule has 0 saturated carbocycles. The lowest BCUT2D eigenvalue weighted by atomic mass is 9.82. The zero-order valence-corrected chi connectivity index (χ0v) is 17.5. The molecule has 1 aliphatic rings. The molecule has 1 atom stereocenters.